The quantitative estimate of drug-likeness (QED) is 0.737. The number of hydrogen-bond acceptors (Lipinski definition) is 2. The van der Waals surface area contributed by atoms with Gasteiger partial charge in [0.2, 0.25) is 0 Å². The second kappa shape index (κ2) is 8.34. The second-order valence-corrected chi connectivity index (χ2v) is 7.06. The lowest BCUT2D eigenvalue weighted by Crippen LogP contribution is -3.09. The number of quaternary nitrogens is 2. The van der Waals surface area contributed by atoms with Crippen molar-refractivity contribution in [2.24, 2.45) is 0 Å². The monoisotopic (exact) mass is 355 g/mol. The molecule has 2 aromatic rings. The summed E-state index contributed by atoms with van der Waals surface area (Å²) in [5.74, 6) is 1.06. The molecule has 0 spiro atoms. The van der Waals surface area contributed by atoms with Gasteiger partial charge in [-0.25, -0.2) is 0 Å². The fourth-order valence-corrected chi connectivity index (χ4v) is 3.62. The summed E-state index contributed by atoms with van der Waals surface area (Å²) >= 11 is 0. The van der Waals surface area contributed by atoms with Gasteiger partial charge < -0.3 is 19.9 Å². The van der Waals surface area contributed by atoms with E-state index < -0.39 is 0 Å². The fourth-order valence-electron chi connectivity index (χ4n) is 3.62. The van der Waals surface area contributed by atoms with Gasteiger partial charge in [-0.15, -0.1) is 0 Å². The Hall–Kier alpha value is -2.37. The predicted molar refractivity (Wildman–Crippen MR) is 103 cm³/mol. The standard InChI is InChI=1S/C21H27N3O2/c1-23(2)20(17-8-10-18(26-3)11-9-17)14-22-15-21(25)24-13-12-16-6-4-5-7-19(16)24/h4-11,20,22H,12-15H2,1-3H3/p+2/t20-/m0/s1. The van der Waals surface area contributed by atoms with Crippen LogP contribution in [0, 0.1) is 0 Å². The average Bonchev–Trinajstić information content (AvgIpc) is 3.09. The summed E-state index contributed by atoms with van der Waals surface area (Å²) in [5, 5.41) is 2.13. The second-order valence-electron chi connectivity index (χ2n) is 7.06. The number of fused-ring (bicyclic) bond motifs is 1. The van der Waals surface area contributed by atoms with E-state index in [1.807, 2.05) is 35.2 Å². The van der Waals surface area contributed by atoms with E-state index in [0.29, 0.717) is 12.6 Å². The van der Waals surface area contributed by atoms with Crippen molar-refractivity contribution in [3.8, 4) is 5.75 Å². The average molecular weight is 355 g/mol. The molecule has 0 fully saturated rings. The molecule has 3 N–H and O–H groups in total. The molecular formula is C21H29N3O2+2. The summed E-state index contributed by atoms with van der Waals surface area (Å²) in [6.45, 7) is 2.15. The largest absolute Gasteiger partial charge is 0.497 e. The van der Waals surface area contributed by atoms with E-state index >= 15 is 0 Å². The molecule has 5 nitrogen and oxygen atoms in total. The fraction of sp³-hybridized carbons (Fsp3) is 0.381. The first-order valence-corrected chi connectivity index (χ1v) is 9.24. The summed E-state index contributed by atoms with van der Waals surface area (Å²) < 4.78 is 5.24. The molecule has 0 aliphatic carbocycles. The minimum absolute atomic E-state index is 0.192. The van der Waals surface area contributed by atoms with Crippen LogP contribution >= 0.6 is 0 Å². The van der Waals surface area contributed by atoms with Crippen LogP contribution in [0.15, 0.2) is 48.5 Å². The molecule has 138 valence electrons. The van der Waals surface area contributed by atoms with Crippen LogP contribution in [-0.2, 0) is 11.2 Å². The number of ether oxygens (including phenoxy) is 1. The number of benzene rings is 2. The maximum atomic E-state index is 12.7. The zero-order chi connectivity index (χ0) is 18.5. The number of carbonyl (C=O) groups is 1. The smallest absolute Gasteiger partial charge is 0.282 e. The van der Waals surface area contributed by atoms with Gasteiger partial charge in [0.15, 0.2) is 12.6 Å². The zero-order valence-corrected chi connectivity index (χ0v) is 15.9. The molecular weight excluding hydrogens is 326 g/mol. The molecule has 2 aromatic carbocycles. The van der Waals surface area contributed by atoms with Gasteiger partial charge in [-0.1, -0.05) is 18.2 Å². The summed E-state index contributed by atoms with van der Waals surface area (Å²) in [4.78, 5) is 15.9. The van der Waals surface area contributed by atoms with Crippen molar-refractivity contribution >= 4 is 11.6 Å². The van der Waals surface area contributed by atoms with Gasteiger partial charge in [-0.3, -0.25) is 4.79 Å². The van der Waals surface area contributed by atoms with Gasteiger partial charge in [0.05, 0.1) is 21.2 Å². The molecule has 26 heavy (non-hydrogen) atoms. The number of likely N-dealkylation sites (N-methyl/N-ethyl adjacent to an activating group) is 1. The summed E-state index contributed by atoms with van der Waals surface area (Å²) in [7, 11) is 5.99. The van der Waals surface area contributed by atoms with Gasteiger partial charge in [-0.05, 0) is 42.3 Å². The zero-order valence-electron chi connectivity index (χ0n) is 15.9. The molecule has 1 heterocycles. The van der Waals surface area contributed by atoms with Gasteiger partial charge >= 0.3 is 0 Å². The molecule has 0 saturated heterocycles. The molecule has 1 amide bonds. The topological polar surface area (TPSA) is 50.6 Å². The number of rotatable bonds is 7. The Balaban J connectivity index is 1.57. The van der Waals surface area contributed by atoms with Crippen LogP contribution in [0.2, 0.25) is 0 Å². The highest BCUT2D eigenvalue weighted by atomic mass is 16.5. The Morgan fingerprint density at radius 2 is 1.92 bits per heavy atom. The minimum atomic E-state index is 0.192. The number of amides is 1. The first-order valence-electron chi connectivity index (χ1n) is 9.24. The normalized spacial score (nSPS) is 14.4. The van der Waals surface area contributed by atoms with E-state index in [1.165, 1.54) is 16.0 Å². The number of hydrogen-bond donors (Lipinski definition) is 2. The number of carbonyl (C=O) groups excluding carboxylic acids is 1. The Labute approximate surface area is 155 Å². The van der Waals surface area contributed by atoms with Crippen molar-refractivity contribution < 1.29 is 19.7 Å². The van der Waals surface area contributed by atoms with Crippen molar-refractivity contribution in [1.29, 1.82) is 0 Å². The molecule has 0 aromatic heterocycles. The van der Waals surface area contributed by atoms with Crippen molar-refractivity contribution in [2.45, 2.75) is 12.5 Å². The number of nitrogens with two attached hydrogens (primary N) is 1. The number of nitrogens with one attached hydrogen (secondary N) is 1. The van der Waals surface area contributed by atoms with E-state index in [1.54, 1.807) is 7.11 Å². The summed E-state index contributed by atoms with van der Waals surface area (Å²) in [5.41, 5.74) is 3.62. The Kier molecular flexibility index (Phi) is 5.91. The lowest BCUT2D eigenvalue weighted by molar-refractivity contribution is -0.908. The minimum Gasteiger partial charge on any atom is -0.497 e. The van der Waals surface area contributed by atoms with E-state index in [0.717, 1.165) is 30.9 Å². The number of anilines is 1. The number of para-hydroxylation sites is 1. The third-order valence-corrected chi connectivity index (χ3v) is 5.12. The highest BCUT2D eigenvalue weighted by molar-refractivity contribution is 5.96. The van der Waals surface area contributed by atoms with Gasteiger partial charge in [-0.2, -0.15) is 0 Å². The highest BCUT2D eigenvalue weighted by Gasteiger charge is 2.26. The Morgan fingerprint density at radius 1 is 1.19 bits per heavy atom. The van der Waals surface area contributed by atoms with Crippen molar-refractivity contribution in [3.63, 3.8) is 0 Å². The van der Waals surface area contributed by atoms with E-state index in [4.69, 9.17) is 4.74 Å². The lowest BCUT2D eigenvalue weighted by Gasteiger charge is -2.21. The van der Waals surface area contributed by atoms with Crippen LogP contribution in [0.25, 0.3) is 0 Å². The molecule has 1 aliphatic heterocycles. The summed E-state index contributed by atoms with van der Waals surface area (Å²) in [6, 6.07) is 16.8. The molecule has 0 radical (unpaired) electrons. The van der Waals surface area contributed by atoms with Crippen molar-refractivity contribution in [1.82, 2.24) is 0 Å². The maximum absolute atomic E-state index is 12.7. The van der Waals surface area contributed by atoms with Crippen LogP contribution in [0.4, 0.5) is 5.69 Å². The molecule has 0 unspecified atom stereocenters. The van der Waals surface area contributed by atoms with E-state index in [9.17, 15) is 4.79 Å². The number of methoxy groups -OCH3 is 1. The van der Waals surface area contributed by atoms with Crippen LogP contribution in [0.5, 0.6) is 5.75 Å². The number of nitrogens with zero attached hydrogens (tertiary/aromatic N) is 1. The van der Waals surface area contributed by atoms with E-state index in [2.05, 4.69) is 37.6 Å². The molecule has 0 bridgehead atoms. The van der Waals surface area contributed by atoms with E-state index in [-0.39, 0.29) is 5.91 Å². The van der Waals surface area contributed by atoms with Crippen LogP contribution in [0.3, 0.4) is 0 Å². The first-order chi connectivity index (χ1) is 12.6. The third kappa shape index (κ3) is 4.06. The SMILES string of the molecule is COc1ccc([C@H](C[NH2+]CC(=O)N2CCc3ccccc32)[NH+](C)C)cc1. The third-order valence-electron chi connectivity index (χ3n) is 5.12. The Morgan fingerprint density at radius 3 is 2.62 bits per heavy atom. The molecule has 1 aliphatic rings. The van der Waals surface area contributed by atoms with Crippen molar-refractivity contribution in [3.05, 3.63) is 59.7 Å². The van der Waals surface area contributed by atoms with Gasteiger partial charge in [0, 0.05) is 17.8 Å². The molecule has 0 saturated carbocycles. The van der Waals surface area contributed by atoms with Crippen LogP contribution < -0.4 is 19.9 Å². The summed E-state index contributed by atoms with van der Waals surface area (Å²) in [6.07, 6.45) is 0.957. The predicted octanol–water partition coefficient (Wildman–Crippen LogP) is 0.0335. The lowest BCUT2D eigenvalue weighted by atomic mass is 10.1. The van der Waals surface area contributed by atoms with Gasteiger partial charge in [0.25, 0.3) is 5.91 Å². The highest BCUT2D eigenvalue weighted by Crippen LogP contribution is 2.27. The Bertz CT molecular complexity index is 743. The van der Waals surface area contributed by atoms with Gasteiger partial charge in [0.1, 0.15) is 12.3 Å². The molecule has 3 rings (SSSR count). The molecule has 1 atom stereocenters. The first kappa shape index (κ1) is 18.4. The molecule has 5 heteroatoms. The van der Waals surface area contributed by atoms with Crippen LogP contribution in [0.1, 0.15) is 17.2 Å². The van der Waals surface area contributed by atoms with Crippen molar-refractivity contribution in [2.75, 3.05) is 45.7 Å². The van der Waals surface area contributed by atoms with Crippen LogP contribution in [-0.4, -0.2) is 46.7 Å². The maximum Gasteiger partial charge on any atom is 0.282 e.